The molecule has 0 aliphatic carbocycles. The van der Waals surface area contributed by atoms with E-state index in [1.807, 2.05) is 6.92 Å². The van der Waals surface area contributed by atoms with Crippen LogP contribution < -0.4 is 5.32 Å². The zero-order valence-corrected chi connectivity index (χ0v) is 15.9. The number of methoxy groups -OCH3 is 1. The molecule has 2 atom stereocenters. The summed E-state index contributed by atoms with van der Waals surface area (Å²) in [4.78, 5) is 35.9. The minimum absolute atomic E-state index is 0.0985. The van der Waals surface area contributed by atoms with Crippen molar-refractivity contribution < 1.29 is 32.7 Å². The van der Waals surface area contributed by atoms with E-state index in [0.29, 0.717) is 17.7 Å². The highest BCUT2D eigenvalue weighted by atomic mass is 19.1. The molecule has 0 saturated heterocycles. The maximum atomic E-state index is 13.0. The van der Waals surface area contributed by atoms with Gasteiger partial charge in [0, 0.05) is 5.56 Å². The predicted octanol–water partition coefficient (Wildman–Crippen LogP) is 2.95. The third-order valence-electron chi connectivity index (χ3n) is 4.25. The van der Waals surface area contributed by atoms with Gasteiger partial charge in [-0.3, -0.25) is 4.79 Å². The molecule has 0 saturated carbocycles. The molecule has 1 heterocycles. The van der Waals surface area contributed by atoms with Crippen LogP contribution in [0.2, 0.25) is 0 Å². The van der Waals surface area contributed by atoms with E-state index in [1.54, 1.807) is 13.0 Å². The van der Waals surface area contributed by atoms with Crippen LogP contribution >= 0.6 is 0 Å². The molecule has 0 spiro atoms. The smallest absolute Gasteiger partial charge is 0.374 e. The highest BCUT2D eigenvalue weighted by molar-refractivity contribution is 5.90. The standard InChI is InChI=1S/C20H22FNO6/c1-4-12(2)18(20(25)26-3)22-17(23)11-27-19(24)16-10-9-15(28-16)13-5-7-14(21)8-6-13/h5-10,12,18H,4,11H2,1-3H3,(H,22,23)/t12-,18-/m1/s1. The molecule has 1 N–H and O–H groups in total. The lowest BCUT2D eigenvalue weighted by atomic mass is 9.99. The Bertz CT molecular complexity index is 829. The summed E-state index contributed by atoms with van der Waals surface area (Å²) in [6.45, 7) is 3.10. The number of hydrogen-bond donors (Lipinski definition) is 1. The Morgan fingerprint density at radius 1 is 1.14 bits per heavy atom. The lowest BCUT2D eigenvalue weighted by molar-refractivity contribution is -0.147. The lowest BCUT2D eigenvalue weighted by Crippen LogP contribution is -2.47. The third-order valence-corrected chi connectivity index (χ3v) is 4.25. The molecule has 1 aromatic heterocycles. The number of ether oxygens (including phenoxy) is 2. The molecule has 1 amide bonds. The summed E-state index contributed by atoms with van der Waals surface area (Å²) < 4.78 is 28.0. The summed E-state index contributed by atoms with van der Waals surface area (Å²) in [5.41, 5.74) is 0.590. The van der Waals surface area contributed by atoms with E-state index >= 15 is 0 Å². The van der Waals surface area contributed by atoms with Crippen LogP contribution in [0.4, 0.5) is 4.39 Å². The van der Waals surface area contributed by atoms with E-state index in [1.165, 1.54) is 37.4 Å². The summed E-state index contributed by atoms with van der Waals surface area (Å²) in [6, 6.07) is 7.69. The van der Waals surface area contributed by atoms with Gasteiger partial charge in [0.05, 0.1) is 7.11 Å². The Hall–Kier alpha value is -3.16. The monoisotopic (exact) mass is 391 g/mol. The first-order chi connectivity index (χ1) is 13.3. The fourth-order valence-corrected chi connectivity index (χ4v) is 2.43. The Balaban J connectivity index is 1.93. The summed E-state index contributed by atoms with van der Waals surface area (Å²) in [6.07, 6.45) is 0.651. The number of rotatable bonds is 8. The Kier molecular flexibility index (Phi) is 7.31. The molecular formula is C20H22FNO6. The van der Waals surface area contributed by atoms with Gasteiger partial charge in [0.15, 0.2) is 6.61 Å². The van der Waals surface area contributed by atoms with Gasteiger partial charge in [-0.15, -0.1) is 0 Å². The van der Waals surface area contributed by atoms with Crippen molar-refractivity contribution in [3.05, 3.63) is 48.0 Å². The summed E-state index contributed by atoms with van der Waals surface area (Å²) in [5, 5.41) is 2.50. The summed E-state index contributed by atoms with van der Waals surface area (Å²) in [7, 11) is 1.24. The van der Waals surface area contributed by atoms with Gasteiger partial charge >= 0.3 is 11.9 Å². The van der Waals surface area contributed by atoms with Crippen LogP contribution in [0, 0.1) is 11.7 Å². The first-order valence-corrected chi connectivity index (χ1v) is 8.75. The van der Waals surface area contributed by atoms with Gasteiger partial charge in [-0.1, -0.05) is 20.3 Å². The second-order valence-electron chi connectivity index (χ2n) is 6.20. The van der Waals surface area contributed by atoms with Gasteiger partial charge in [0.25, 0.3) is 5.91 Å². The molecule has 1 aromatic carbocycles. The van der Waals surface area contributed by atoms with Crippen LogP contribution in [0.25, 0.3) is 11.3 Å². The number of benzene rings is 1. The van der Waals surface area contributed by atoms with Crippen molar-refractivity contribution in [3.8, 4) is 11.3 Å². The number of carbonyl (C=O) groups excluding carboxylic acids is 3. The molecule has 28 heavy (non-hydrogen) atoms. The van der Waals surface area contributed by atoms with Crippen LogP contribution in [0.15, 0.2) is 40.8 Å². The molecule has 0 aliphatic heterocycles. The van der Waals surface area contributed by atoms with Crippen molar-refractivity contribution in [1.82, 2.24) is 5.32 Å². The first kappa shape index (κ1) is 21.1. The highest BCUT2D eigenvalue weighted by Crippen LogP contribution is 2.22. The third kappa shape index (κ3) is 5.42. The van der Waals surface area contributed by atoms with Gasteiger partial charge in [-0.2, -0.15) is 0 Å². The van der Waals surface area contributed by atoms with Crippen molar-refractivity contribution in [2.75, 3.05) is 13.7 Å². The molecule has 8 heteroatoms. The molecule has 0 aliphatic rings. The number of carbonyl (C=O) groups is 3. The second-order valence-corrected chi connectivity index (χ2v) is 6.20. The minimum atomic E-state index is -0.832. The van der Waals surface area contributed by atoms with Gasteiger partial charge in [-0.05, 0) is 42.3 Å². The molecule has 0 unspecified atom stereocenters. The number of amides is 1. The quantitative estimate of drug-likeness (QED) is 0.695. The molecule has 2 rings (SSSR count). The average molecular weight is 391 g/mol. The fraction of sp³-hybridized carbons (Fsp3) is 0.350. The van der Waals surface area contributed by atoms with Gasteiger partial charge < -0.3 is 19.2 Å². The Morgan fingerprint density at radius 3 is 2.43 bits per heavy atom. The van der Waals surface area contributed by atoms with E-state index in [2.05, 4.69) is 10.1 Å². The van der Waals surface area contributed by atoms with Crippen LogP contribution in [0.5, 0.6) is 0 Å². The van der Waals surface area contributed by atoms with Crippen LogP contribution in [0.3, 0.4) is 0 Å². The van der Waals surface area contributed by atoms with E-state index in [0.717, 1.165) is 0 Å². The number of esters is 2. The van der Waals surface area contributed by atoms with Crippen LogP contribution in [-0.2, 0) is 19.1 Å². The zero-order valence-electron chi connectivity index (χ0n) is 15.9. The zero-order chi connectivity index (χ0) is 20.7. The van der Waals surface area contributed by atoms with Crippen molar-refractivity contribution in [1.29, 1.82) is 0 Å². The molecule has 0 bridgehead atoms. The van der Waals surface area contributed by atoms with Gasteiger partial charge in [0.1, 0.15) is 17.6 Å². The van der Waals surface area contributed by atoms with Crippen LogP contribution in [0.1, 0.15) is 30.8 Å². The topological polar surface area (TPSA) is 94.8 Å². The fourth-order valence-electron chi connectivity index (χ4n) is 2.43. The SMILES string of the molecule is CC[C@@H](C)[C@@H](NC(=O)COC(=O)c1ccc(-c2ccc(F)cc2)o1)C(=O)OC. The van der Waals surface area contributed by atoms with Crippen molar-refractivity contribution in [2.24, 2.45) is 5.92 Å². The van der Waals surface area contributed by atoms with Gasteiger partial charge in [-0.25, -0.2) is 14.0 Å². The number of furan rings is 1. The molecule has 150 valence electrons. The van der Waals surface area contributed by atoms with Crippen LogP contribution in [-0.4, -0.2) is 37.6 Å². The summed E-state index contributed by atoms with van der Waals surface area (Å²) >= 11 is 0. The largest absolute Gasteiger partial charge is 0.467 e. The van der Waals surface area contributed by atoms with Gasteiger partial charge in [0.2, 0.25) is 5.76 Å². The van der Waals surface area contributed by atoms with Crippen molar-refractivity contribution in [2.45, 2.75) is 26.3 Å². The van der Waals surface area contributed by atoms with E-state index in [9.17, 15) is 18.8 Å². The number of nitrogens with one attached hydrogen (secondary N) is 1. The summed E-state index contributed by atoms with van der Waals surface area (Å²) in [5.74, 6) is -2.29. The number of hydrogen-bond acceptors (Lipinski definition) is 6. The maximum Gasteiger partial charge on any atom is 0.374 e. The second kappa shape index (κ2) is 9.68. The maximum absolute atomic E-state index is 13.0. The number of halogens is 1. The van der Waals surface area contributed by atoms with Crippen molar-refractivity contribution in [3.63, 3.8) is 0 Å². The molecule has 0 radical (unpaired) electrons. The van der Waals surface area contributed by atoms with E-state index in [4.69, 9.17) is 9.15 Å². The Morgan fingerprint density at radius 2 is 1.82 bits per heavy atom. The Labute approximate surface area is 161 Å². The molecular weight excluding hydrogens is 369 g/mol. The molecule has 7 nitrogen and oxygen atoms in total. The van der Waals surface area contributed by atoms with Crippen molar-refractivity contribution >= 4 is 17.8 Å². The lowest BCUT2D eigenvalue weighted by Gasteiger charge is -2.21. The average Bonchev–Trinajstić information content (AvgIpc) is 3.19. The molecule has 0 fully saturated rings. The molecule has 2 aromatic rings. The normalized spacial score (nSPS) is 12.7. The minimum Gasteiger partial charge on any atom is -0.467 e. The van der Waals surface area contributed by atoms with E-state index < -0.39 is 30.5 Å². The first-order valence-electron chi connectivity index (χ1n) is 8.75. The van der Waals surface area contributed by atoms with E-state index in [-0.39, 0.29) is 17.5 Å². The predicted molar refractivity (Wildman–Crippen MR) is 97.8 cm³/mol. The highest BCUT2D eigenvalue weighted by Gasteiger charge is 2.27.